The molecule has 0 atom stereocenters. The minimum Gasteiger partial charge on any atom is -0.477 e. The van der Waals surface area contributed by atoms with Crippen LogP contribution in [0.2, 0.25) is 0 Å². The molecule has 2 aromatic rings. The van der Waals surface area contributed by atoms with Crippen molar-refractivity contribution in [3.05, 3.63) is 59.9 Å². The molecule has 4 nitrogen and oxygen atoms in total. The number of benzene rings is 1. The highest BCUT2D eigenvalue weighted by Gasteiger charge is 2.07. The zero-order valence-electron chi connectivity index (χ0n) is 9.15. The van der Waals surface area contributed by atoms with Crippen molar-refractivity contribution >= 4 is 12.0 Å². The summed E-state index contributed by atoms with van der Waals surface area (Å²) in [6, 6.07) is 11.3. The Morgan fingerprint density at radius 2 is 2.06 bits per heavy atom. The summed E-state index contributed by atoms with van der Waals surface area (Å²) in [5, 5.41) is 12.8. The molecule has 0 aliphatic carbocycles. The van der Waals surface area contributed by atoms with Gasteiger partial charge in [-0.1, -0.05) is 42.5 Å². The Labute approximate surface area is 98.8 Å². The average Bonchev–Trinajstić information content (AvgIpc) is 2.79. The normalized spacial score (nSPS) is 10.8. The largest absolute Gasteiger partial charge is 0.477 e. The number of nitrogens with zero attached hydrogens (tertiary/aromatic N) is 2. The van der Waals surface area contributed by atoms with Gasteiger partial charge in [-0.05, 0) is 11.6 Å². The summed E-state index contributed by atoms with van der Waals surface area (Å²) in [7, 11) is 0. The van der Waals surface area contributed by atoms with E-state index in [1.54, 1.807) is 0 Å². The Hall–Kier alpha value is -2.36. The molecule has 86 valence electrons. The first-order valence-electron chi connectivity index (χ1n) is 5.24. The van der Waals surface area contributed by atoms with E-state index in [0.717, 1.165) is 5.56 Å². The van der Waals surface area contributed by atoms with Crippen molar-refractivity contribution in [3.8, 4) is 0 Å². The fraction of sp³-hybridized carbons (Fsp3) is 0.0769. The van der Waals surface area contributed by atoms with E-state index >= 15 is 0 Å². The number of carbonyl (C=O) groups is 1. The molecule has 0 bridgehead atoms. The Morgan fingerprint density at radius 1 is 1.29 bits per heavy atom. The number of aromatic nitrogens is 2. The minimum absolute atomic E-state index is 0.197. The van der Waals surface area contributed by atoms with Gasteiger partial charge in [0.1, 0.15) is 5.69 Å². The van der Waals surface area contributed by atoms with Crippen LogP contribution in [0, 0.1) is 0 Å². The maximum atomic E-state index is 10.8. The Balaban J connectivity index is 2.05. The summed E-state index contributed by atoms with van der Waals surface area (Å²) in [5.41, 5.74) is 1.28. The van der Waals surface area contributed by atoms with Crippen LogP contribution in [0.5, 0.6) is 0 Å². The van der Waals surface area contributed by atoms with Crippen molar-refractivity contribution in [1.82, 2.24) is 9.78 Å². The highest BCUT2D eigenvalue weighted by Crippen LogP contribution is 2.03. The molecule has 0 saturated carbocycles. The number of rotatable bonds is 4. The highest BCUT2D eigenvalue weighted by atomic mass is 16.4. The lowest BCUT2D eigenvalue weighted by atomic mass is 10.2. The van der Waals surface area contributed by atoms with Crippen molar-refractivity contribution in [3.63, 3.8) is 0 Å². The van der Waals surface area contributed by atoms with Gasteiger partial charge < -0.3 is 5.11 Å². The first-order chi connectivity index (χ1) is 8.27. The van der Waals surface area contributed by atoms with E-state index in [1.165, 1.54) is 16.9 Å². The summed E-state index contributed by atoms with van der Waals surface area (Å²) in [6.07, 6.45) is 5.31. The summed E-state index contributed by atoms with van der Waals surface area (Å²) in [4.78, 5) is 10.8. The molecule has 0 saturated heterocycles. The Morgan fingerprint density at radius 3 is 2.76 bits per heavy atom. The van der Waals surface area contributed by atoms with Crippen LogP contribution >= 0.6 is 0 Å². The third-order valence-corrected chi connectivity index (χ3v) is 2.32. The lowest BCUT2D eigenvalue weighted by Gasteiger charge is -1.99. The van der Waals surface area contributed by atoms with Crippen LogP contribution in [0.25, 0.3) is 6.08 Å². The van der Waals surface area contributed by atoms with E-state index in [2.05, 4.69) is 5.10 Å². The number of hydrogen-bond acceptors (Lipinski definition) is 2. The van der Waals surface area contributed by atoms with Gasteiger partial charge in [-0.25, -0.2) is 4.79 Å². The molecule has 0 aliphatic rings. The first kappa shape index (κ1) is 11.1. The fourth-order valence-corrected chi connectivity index (χ4v) is 1.51. The van der Waals surface area contributed by atoms with Gasteiger partial charge >= 0.3 is 5.97 Å². The van der Waals surface area contributed by atoms with Gasteiger partial charge in [0.2, 0.25) is 0 Å². The van der Waals surface area contributed by atoms with Crippen LogP contribution in [-0.4, -0.2) is 20.9 Å². The summed E-state index contributed by atoms with van der Waals surface area (Å²) >= 11 is 0. The van der Waals surface area contributed by atoms with E-state index in [-0.39, 0.29) is 5.69 Å². The number of carboxylic acids is 1. The molecule has 0 fully saturated rings. The second-order valence-corrected chi connectivity index (χ2v) is 3.52. The molecule has 1 aromatic heterocycles. The first-order valence-corrected chi connectivity index (χ1v) is 5.24. The van der Waals surface area contributed by atoms with E-state index in [9.17, 15) is 4.79 Å². The van der Waals surface area contributed by atoms with Crippen molar-refractivity contribution < 1.29 is 9.90 Å². The molecule has 1 N–H and O–H groups in total. The summed E-state index contributed by atoms with van der Waals surface area (Å²) in [5.74, 6) is -0.962. The standard InChI is InChI=1S/C13H12N2O2/c16-13(17)12-8-9-14-15(12)10-4-7-11-5-2-1-3-6-11/h1-9H,10H2,(H,16,17). The van der Waals surface area contributed by atoms with Gasteiger partial charge in [0, 0.05) is 6.20 Å². The van der Waals surface area contributed by atoms with Gasteiger partial charge in [0.05, 0.1) is 6.54 Å². The quantitative estimate of drug-likeness (QED) is 0.873. The molecular formula is C13H12N2O2. The molecule has 2 rings (SSSR count). The zero-order valence-corrected chi connectivity index (χ0v) is 9.15. The predicted molar refractivity (Wildman–Crippen MR) is 64.7 cm³/mol. The topological polar surface area (TPSA) is 55.1 Å². The second-order valence-electron chi connectivity index (χ2n) is 3.52. The number of carboxylic acid groups (broad SMARTS) is 1. The van der Waals surface area contributed by atoms with Crippen LogP contribution in [0.4, 0.5) is 0 Å². The van der Waals surface area contributed by atoms with E-state index in [1.807, 2.05) is 42.5 Å². The van der Waals surface area contributed by atoms with Gasteiger partial charge in [0.15, 0.2) is 0 Å². The maximum Gasteiger partial charge on any atom is 0.354 e. The molecule has 4 heteroatoms. The molecular weight excluding hydrogens is 216 g/mol. The van der Waals surface area contributed by atoms with Gasteiger partial charge in [-0.2, -0.15) is 5.10 Å². The van der Waals surface area contributed by atoms with E-state index in [4.69, 9.17) is 5.11 Å². The van der Waals surface area contributed by atoms with Crippen LogP contribution in [-0.2, 0) is 6.54 Å². The van der Waals surface area contributed by atoms with Crippen molar-refractivity contribution in [2.24, 2.45) is 0 Å². The second kappa shape index (κ2) is 5.12. The molecule has 0 spiro atoms. The molecule has 0 amide bonds. The smallest absolute Gasteiger partial charge is 0.354 e. The molecule has 17 heavy (non-hydrogen) atoms. The van der Waals surface area contributed by atoms with E-state index < -0.39 is 5.97 Å². The Bertz CT molecular complexity index is 529. The van der Waals surface area contributed by atoms with E-state index in [0.29, 0.717) is 6.54 Å². The molecule has 0 unspecified atom stereocenters. The fourth-order valence-electron chi connectivity index (χ4n) is 1.51. The number of allylic oxidation sites excluding steroid dienone is 1. The zero-order chi connectivity index (χ0) is 12.1. The van der Waals surface area contributed by atoms with Crippen molar-refractivity contribution in [2.75, 3.05) is 0 Å². The summed E-state index contributed by atoms with van der Waals surface area (Å²) in [6.45, 7) is 0.448. The van der Waals surface area contributed by atoms with Crippen LogP contribution < -0.4 is 0 Å². The van der Waals surface area contributed by atoms with Crippen LogP contribution in [0.3, 0.4) is 0 Å². The monoisotopic (exact) mass is 228 g/mol. The minimum atomic E-state index is -0.962. The highest BCUT2D eigenvalue weighted by molar-refractivity contribution is 5.85. The van der Waals surface area contributed by atoms with Crippen molar-refractivity contribution in [1.29, 1.82) is 0 Å². The van der Waals surface area contributed by atoms with Gasteiger partial charge in [-0.3, -0.25) is 4.68 Å². The number of aromatic carboxylic acids is 1. The maximum absolute atomic E-state index is 10.8. The SMILES string of the molecule is O=C(O)c1ccnn1CC=Cc1ccccc1. The van der Waals surface area contributed by atoms with Gasteiger partial charge in [0.25, 0.3) is 0 Å². The third kappa shape index (κ3) is 2.81. The molecule has 1 aromatic carbocycles. The van der Waals surface area contributed by atoms with Crippen LogP contribution in [0.15, 0.2) is 48.7 Å². The lowest BCUT2D eigenvalue weighted by molar-refractivity contribution is 0.0684. The Kier molecular flexibility index (Phi) is 3.35. The third-order valence-electron chi connectivity index (χ3n) is 2.32. The molecule has 0 aliphatic heterocycles. The van der Waals surface area contributed by atoms with Gasteiger partial charge in [-0.15, -0.1) is 0 Å². The van der Waals surface area contributed by atoms with Crippen molar-refractivity contribution in [2.45, 2.75) is 6.54 Å². The molecule has 1 heterocycles. The predicted octanol–water partition coefficient (Wildman–Crippen LogP) is 2.29. The lowest BCUT2D eigenvalue weighted by Crippen LogP contribution is -2.08. The van der Waals surface area contributed by atoms with Crippen LogP contribution in [0.1, 0.15) is 16.1 Å². The molecule has 0 radical (unpaired) electrons. The average molecular weight is 228 g/mol. The summed E-state index contributed by atoms with van der Waals surface area (Å²) < 4.78 is 1.45. The number of hydrogen-bond donors (Lipinski definition) is 1.